The molecule has 2 rings (SSSR count). The minimum absolute atomic E-state index is 0.0609. The summed E-state index contributed by atoms with van der Waals surface area (Å²) in [4.78, 5) is 2.45. The van der Waals surface area contributed by atoms with Crippen molar-refractivity contribution in [3.05, 3.63) is 46.5 Å². The highest BCUT2D eigenvalue weighted by atomic mass is 32.2. The van der Waals surface area contributed by atoms with Gasteiger partial charge in [-0.3, -0.25) is 0 Å². The quantitative estimate of drug-likeness (QED) is 0.285. The molecule has 2 aromatic carbocycles. The molecule has 0 fully saturated rings. The summed E-state index contributed by atoms with van der Waals surface area (Å²) in [6, 6.07) is 9.08. The molecule has 0 atom stereocenters. The average molecular weight is 573 g/mol. The summed E-state index contributed by atoms with van der Waals surface area (Å²) in [5, 5.41) is 11.2. The summed E-state index contributed by atoms with van der Waals surface area (Å²) < 4.78 is 6.52. The van der Waals surface area contributed by atoms with Crippen molar-refractivity contribution in [3.8, 4) is 11.5 Å². The molecule has 4 heteroatoms. The molecule has 0 amide bonds. The van der Waals surface area contributed by atoms with Crippen LogP contribution in [0.5, 0.6) is 11.5 Å². The number of hydrogen-bond donors (Lipinski definition) is 1. The van der Waals surface area contributed by atoms with Crippen molar-refractivity contribution in [1.82, 2.24) is 0 Å². The minimum atomic E-state index is -0.280. The maximum atomic E-state index is 11.2. The molecule has 39 heavy (non-hydrogen) atoms. The SMILES string of the molecule is CC(C)(C)Oc1c(C(C)(C)C)cc(SC(C)(C)Sc2cc(C(C)(C)C)c(O)c(C(C)(C)C)c2)cc1C(C)(C)C. The molecule has 2 aromatic rings. The molecular formula is C35H56O2S2. The van der Waals surface area contributed by atoms with Gasteiger partial charge in [0.2, 0.25) is 0 Å². The van der Waals surface area contributed by atoms with Crippen LogP contribution in [0.15, 0.2) is 34.1 Å². The largest absolute Gasteiger partial charge is 0.507 e. The van der Waals surface area contributed by atoms with Crippen molar-refractivity contribution >= 4 is 23.5 Å². The molecule has 0 spiro atoms. The van der Waals surface area contributed by atoms with Crippen LogP contribution in [0, 0.1) is 0 Å². The fourth-order valence-corrected chi connectivity index (χ4v) is 7.18. The predicted octanol–water partition coefficient (Wildman–Crippen LogP) is 11.4. The van der Waals surface area contributed by atoms with Crippen LogP contribution in [0.25, 0.3) is 0 Å². The zero-order valence-electron chi connectivity index (χ0n) is 28.0. The molecule has 220 valence electrons. The standard InChI is InChI=1S/C35H56O2S2/c1-30(2,3)24-18-22(19-25(28(24)36)31(4,5)6)38-35(16,17)39-23-20-26(32(7,8)9)29(37-34(13,14)15)27(21-23)33(10,11)12/h18-21,36H,1-17H3. The molecule has 0 bridgehead atoms. The smallest absolute Gasteiger partial charge is 0.127 e. The lowest BCUT2D eigenvalue weighted by molar-refractivity contribution is 0.124. The Morgan fingerprint density at radius 2 is 0.769 bits per heavy atom. The highest BCUT2D eigenvalue weighted by Gasteiger charge is 2.33. The van der Waals surface area contributed by atoms with E-state index >= 15 is 0 Å². The normalized spacial score (nSPS) is 14.1. The Labute approximate surface area is 249 Å². The fraction of sp³-hybridized carbons (Fsp3) is 0.657. The molecule has 0 saturated heterocycles. The van der Waals surface area contributed by atoms with E-state index in [0.717, 1.165) is 16.9 Å². The third-order valence-corrected chi connectivity index (χ3v) is 8.94. The lowest BCUT2D eigenvalue weighted by Gasteiger charge is -2.35. The average Bonchev–Trinajstić information content (AvgIpc) is 2.65. The molecular weight excluding hydrogens is 517 g/mol. The molecule has 0 unspecified atom stereocenters. The first kappa shape index (κ1) is 33.9. The van der Waals surface area contributed by atoms with Crippen LogP contribution in [0.3, 0.4) is 0 Å². The number of phenolic OH excluding ortho intramolecular Hbond substituents is 1. The van der Waals surface area contributed by atoms with Crippen molar-refractivity contribution in [2.75, 3.05) is 0 Å². The first-order chi connectivity index (χ1) is 17.1. The number of phenols is 1. The van der Waals surface area contributed by atoms with Crippen LogP contribution >= 0.6 is 23.5 Å². The Hall–Kier alpha value is -1.26. The van der Waals surface area contributed by atoms with Crippen molar-refractivity contribution in [1.29, 1.82) is 0 Å². The van der Waals surface area contributed by atoms with Gasteiger partial charge in [-0.1, -0.05) is 83.1 Å². The monoisotopic (exact) mass is 572 g/mol. The summed E-state index contributed by atoms with van der Waals surface area (Å²) in [6.07, 6.45) is 0. The van der Waals surface area contributed by atoms with Gasteiger partial charge in [-0.2, -0.15) is 0 Å². The van der Waals surface area contributed by atoms with E-state index in [9.17, 15) is 5.11 Å². The Kier molecular flexibility index (Phi) is 9.45. The van der Waals surface area contributed by atoms with Crippen LogP contribution in [0.2, 0.25) is 0 Å². The lowest BCUT2D eigenvalue weighted by atomic mass is 9.79. The van der Waals surface area contributed by atoms with Crippen molar-refractivity contribution in [2.45, 2.75) is 159 Å². The maximum Gasteiger partial charge on any atom is 0.127 e. The number of hydrogen-bond acceptors (Lipinski definition) is 4. The maximum absolute atomic E-state index is 11.2. The molecule has 0 heterocycles. The Morgan fingerprint density at radius 3 is 1.03 bits per heavy atom. The Bertz CT molecular complexity index is 1100. The van der Waals surface area contributed by atoms with Crippen LogP contribution in [-0.4, -0.2) is 14.8 Å². The zero-order valence-corrected chi connectivity index (χ0v) is 29.6. The van der Waals surface area contributed by atoms with Gasteiger partial charge in [-0.25, -0.2) is 0 Å². The molecule has 2 nitrogen and oxygen atoms in total. The van der Waals surface area contributed by atoms with E-state index in [1.54, 1.807) is 0 Å². The lowest BCUT2D eigenvalue weighted by Crippen LogP contribution is -2.28. The highest BCUT2D eigenvalue weighted by Crippen LogP contribution is 2.51. The van der Waals surface area contributed by atoms with E-state index in [-0.39, 0.29) is 31.3 Å². The highest BCUT2D eigenvalue weighted by molar-refractivity contribution is 8.18. The van der Waals surface area contributed by atoms with E-state index in [1.807, 2.05) is 23.5 Å². The summed E-state index contributed by atoms with van der Waals surface area (Å²) >= 11 is 3.78. The summed E-state index contributed by atoms with van der Waals surface area (Å²) in [6.45, 7) is 37.7. The molecule has 0 aliphatic carbocycles. The van der Waals surface area contributed by atoms with E-state index in [0.29, 0.717) is 5.75 Å². The Morgan fingerprint density at radius 1 is 0.487 bits per heavy atom. The molecule has 0 aliphatic heterocycles. The van der Waals surface area contributed by atoms with Crippen molar-refractivity contribution in [3.63, 3.8) is 0 Å². The van der Waals surface area contributed by atoms with Gasteiger partial charge in [-0.15, -0.1) is 23.5 Å². The van der Waals surface area contributed by atoms with Crippen LogP contribution in [0.1, 0.15) is 140 Å². The van der Waals surface area contributed by atoms with E-state index in [1.165, 1.54) is 20.9 Å². The van der Waals surface area contributed by atoms with Crippen molar-refractivity contribution in [2.24, 2.45) is 0 Å². The molecule has 0 radical (unpaired) electrons. The van der Waals surface area contributed by atoms with Crippen LogP contribution in [-0.2, 0) is 21.7 Å². The second kappa shape index (κ2) is 10.9. The minimum Gasteiger partial charge on any atom is -0.507 e. The van der Waals surface area contributed by atoms with Crippen LogP contribution in [0.4, 0.5) is 0 Å². The van der Waals surface area contributed by atoms with E-state index in [4.69, 9.17) is 4.74 Å². The zero-order chi connectivity index (χ0) is 30.6. The number of ether oxygens (including phenoxy) is 1. The molecule has 1 N–H and O–H groups in total. The van der Waals surface area contributed by atoms with Gasteiger partial charge in [0.1, 0.15) is 17.1 Å². The summed E-state index contributed by atoms with van der Waals surface area (Å²) in [5.41, 5.74) is 3.82. The second-order valence-electron chi connectivity index (χ2n) is 16.5. The van der Waals surface area contributed by atoms with Gasteiger partial charge in [0.25, 0.3) is 0 Å². The first-order valence-corrected chi connectivity index (χ1v) is 15.9. The van der Waals surface area contributed by atoms with Gasteiger partial charge in [-0.05, 0) is 80.5 Å². The van der Waals surface area contributed by atoms with E-state index < -0.39 is 0 Å². The Balaban J connectivity index is 2.65. The summed E-state index contributed by atoms with van der Waals surface area (Å²) in [7, 11) is 0. The summed E-state index contributed by atoms with van der Waals surface area (Å²) in [5.74, 6) is 1.46. The number of rotatable bonds is 5. The number of aromatic hydroxyl groups is 1. The second-order valence-corrected chi connectivity index (χ2v) is 20.2. The number of thioether (sulfide) groups is 2. The van der Waals surface area contributed by atoms with Gasteiger partial charge < -0.3 is 9.84 Å². The molecule has 0 aliphatic rings. The van der Waals surface area contributed by atoms with E-state index in [2.05, 4.69) is 142 Å². The number of benzene rings is 2. The fourth-order valence-electron chi connectivity index (χ4n) is 4.59. The van der Waals surface area contributed by atoms with Gasteiger partial charge in [0, 0.05) is 32.0 Å². The molecule has 0 saturated carbocycles. The van der Waals surface area contributed by atoms with Crippen molar-refractivity contribution < 1.29 is 9.84 Å². The van der Waals surface area contributed by atoms with Crippen LogP contribution < -0.4 is 4.74 Å². The molecule has 0 aromatic heterocycles. The first-order valence-electron chi connectivity index (χ1n) is 14.3. The van der Waals surface area contributed by atoms with Gasteiger partial charge in [0.15, 0.2) is 0 Å². The third-order valence-electron chi connectivity index (χ3n) is 6.51. The topological polar surface area (TPSA) is 29.5 Å². The predicted molar refractivity (Wildman–Crippen MR) is 176 cm³/mol. The van der Waals surface area contributed by atoms with Gasteiger partial charge >= 0.3 is 0 Å². The van der Waals surface area contributed by atoms with Gasteiger partial charge in [0.05, 0.1) is 4.08 Å². The third kappa shape index (κ3) is 9.12.